The highest BCUT2D eigenvalue weighted by atomic mass is 16.8. The van der Waals surface area contributed by atoms with Gasteiger partial charge in [0.05, 0.1) is 12.6 Å². The number of aliphatic imine (C=N–C) groups is 1. The molecule has 6 heteroatoms. The van der Waals surface area contributed by atoms with Crippen molar-refractivity contribution in [3.05, 3.63) is 35.0 Å². The Morgan fingerprint density at radius 2 is 2.41 bits per heavy atom. The second kappa shape index (κ2) is 5.13. The Morgan fingerprint density at radius 3 is 3.06 bits per heavy atom. The van der Waals surface area contributed by atoms with Gasteiger partial charge in [0.25, 0.3) is 6.02 Å². The van der Waals surface area contributed by atoms with Gasteiger partial charge in [0.15, 0.2) is 5.69 Å². The predicted octanol–water partition coefficient (Wildman–Crippen LogP) is 0.127. The minimum Gasteiger partial charge on any atom is -0.595 e. The molecule has 0 saturated heterocycles. The lowest BCUT2D eigenvalue weighted by atomic mass is 10.1. The van der Waals surface area contributed by atoms with Crippen LogP contribution in [0.15, 0.2) is 29.3 Å². The third-order valence-electron chi connectivity index (χ3n) is 2.56. The summed E-state index contributed by atoms with van der Waals surface area (Å²) in [7, 11) is 0. The van der Waals surface area contributed by atoms with Crippen molar-refractivity contribution in [3.8, 4) is 0 Å². The maximum absolute atomic E-state index is 10.9. The van der Waals surface area contributed by atoms with Crippen molar-refractivity contribution in [2.24, 2.45) is 4.99 Å². The Morgan fingerprint density at radius 1 is 1.59 bits per heavy atom. The van der Waals surface area contributed by atoms with E-state index in [0.29, 0.717) is 19.2 Å². The summed E-state index contributed by atoms with van der Waals surface area (Å²) in [4.78, 5) is 4.13. The van der Waals surface area contributed by atoms with Crippen LogP contribution in [0.3, 0.4) is 0 Å². The Kier molecular flexibility index (Phi) is 3.58. The van der Waals surface area contributed by atoms with E-state index in [2.05, 4.69) is 10.3 Å². The lowest BCUT2D eigenvalue weighted by Crippen LogP contribution is -2.99. The van der Waals surface area contributed by atoms with Crippen molar-refractivity contribution in [1.29, 1.82) is 0 Å². The topological polar surface area (TPSA) is 81.4 Å². The lowest BCUT2D eigenvalue weighted by molar-refractivity contribution is -0.991. The third-order valence-corrected chi connectivity index (χ3v) is 2.56. The van der Waals surface area contributed by atoms with Gasteiger partial charge in [-0.25, -0.2) is 10.2 Å². The first kappa shape index (κ1) is 11.8. The first-order valence-electron chi connectivity index (χ1n) is 5.44. The average Bonchev–Trinajstić information content (AvgIpc) is 2.82. The summed E-state index contributed by atoms with van der Waals surface area (Å²) in [6.07, 6.45) is 0. The summed E-state index contributed by atoms with van der Waals surface area (Å²) in [5, 5.41) is 21.9. The molecular weight excluding hydrogens is 222 g/mol. The van der Waals surface area contributed by atoms with Gasteiger partial charge in [0, 0.05) is 12.1 Å². The molecule has 0 saturated carbocycles. The number of hydrogen-bond donors (Lipinski definition) is 3. The SMILES string of the molecule is CC(NC1=NCCO1)c1cccc([NH+]([O-])O)c1. The molecule has 92 valence electrons. The lowest BCUT2D eigenvalue weighted by Gasteiger charge is -2.17. The van der Waals surface area contributed by atoms with Crippen molar-refractivity contribution >= 4 is 11.7 Å². The summed E-state index contributed by atoms with van der Waals surface area (Å²) in [5.74, 6) is 0. The number of nitrogens with one attached hydrogen (secondary N) is 2. The summed E-state index contributed by atoms with van der Waals surface area (Å²) >= 11 is 0. The molecule has 1 aliphatic rings. The average molecular weight is 237 g/mol. The second-order valence-electron chi connectivity index (χ2n) is 3.83. The molecule has 1 aliphatic heterocycles. The van der Waals surface area contributed by atoms with E-state index in [0.717, 1.165) is 5.56 Å². The van der Waals surface area contributed by atoms with E-state index in [1.54, 1.807) is 18.2 Å². The van der Waals surface area contributed by atoms with Crippen LogP contribution >= 0.6 is 0 Å². The Balaban J connectivity index is 2.07. The molecule has 1 aromatic rings. The zero-order valence-electron chi connectivity index (χ0n) is 9.51. The number of amidine groups is 1. The van der Waals surface area contributed by atoms with Crippen molar-refractivity contribution in [2.75, 3.05) is 13.2 Å². The number of ether oxygens (including phenoxy) is 1. The smallest absolute Gasteiger partial charge is 0.285 e. The van der Waals surface area contributed by atoms with E-state index in [9.17, 15) is 5.21 Å². The molecule has 0 bridgehead atoms. The number of quaternary nitrogens is 1. The van der Waals surface area contributed by atoms with E-state index in [-0.39, 0.29) is 11.7 Å². The van der Waals surface area contributed by atoms with Crippen LogP contribution in [0.5, 0.6) is 0 Å². The Labute approximate surface area is 99.1 Å². The minimum atomic E-state index is -0.923. The highest BCUT2D eigenvalue weighted by molar-refractivity contribution is 5.75. The normalized spacial score (nSPS) is 18.2. The first-order chi connectivity index (χ1) is 8.16. The predicted molar refractivity (Wildman–Crippen MR) is 62.0 cm³/mol. The van der Waals surface area contributed by atoms with Gasteiger partial charge in [0.1, 0.15) is 6.61 Å². The van der Waals surface area contributed by atoms with Gasteiger partial charge in [0.2, 0.25) is 0 Å². The van der Waals surface area contributed by atoms with Crippen LogP contribution in [-0.2, 0) is 4.74 Å². The van der Waals surface area contributed by atoms with Gasteiger partial charge in [-0.15, -0.1) is 0 Å². The molecule has 0 spiro atoms. The zero-order chi connectivity index (χ0) is 12.3. The van der Waals surface area contributed by atoms with Crippen LogP contribution in [0.2, 0.25) is 0 Å². The fourth-order valence-corrected chi connectivity index (χ4v) is 1.63. The van der Waals surface area contributed by atoms with Gasteiger partial charge < -0.3 is 15.3 Å². The van der Waals surface area contributed by atoms with E-state index in [1.165, 1.54) is 0 Å². The molecule has 2 rings (SSSR count). The van der Waals surface area contributed by atoms with E-state index in [1.807, 2.05) is 13.0 Å². The van der Waals surface area contributed by atoms with Crippen molar-refractivity contribution < 1.29 is 15.2 Å². The molecule has 0 fully saturated rings. The standard InChI is InChI=1S/C11H15N3O3/c1-8(13-11-12-5-6-17-11)9-3-2-4-10(7-9)14(15)16/h2-4,7-8,14-15H,5-6H2,1H3,(H,12,13). The summed E-state index contributed by atoms with van der Waals surface area (Å²) in [6, 6.07) is 7.32. The molecule has 2 unspecified atom stereocenters. The number of hydrogen-bond acceptors (Lipinski definition) is 5. The van der Waals surface area contributed by atoms with Crippen LogP contribution in [0.4, 0.5) is 5.69 Å². The van der Waals surface area contributed by atoms with Crippen molar-refractivity contribution in [2.45, 2.75) is 13.0 Å². The zero-order valence-corrected chi connectivity index (χ0v) is 9.51. The molecule has 2 atom stereocenters. The highest BCUT2D eigenvalue weighted by Crippen LogP contribution is 2.15. The van der Waals surface area contributed by atoms with Gasteiger partial charge in [-0.05, 0) is 12.5 Å². The maximum atomic E-state index is 10.9. The first-order valence-corrected chi connectivity index (χ1v) is 5.44. The molecular formula is C11H15N3O3. The third kappa shape index (κ3) is 2.94. The minimum absolute atomic E-state index is 0.0360. The monoisotopic (exact) mass is 237 g/mol. The number of nitrogens with zero attached hydrogens (tertiary/aromatic N) is 1. The quantitative estimate of drug-likeness (QED) is 0.652. The van der Waals surface area contributed by atoms with Gasteiger partial charge in [-0.3, -0.25) is 0 Å². The molecule has 0 aliphatic carbocycles. The van der Waals surface area contributed by atoms with Crippen molar-refractivity contribution in [1.82, 2.24) is 5.32 Å². The fraction of sp³-hybridized carbons (Fsp3) is 0.364. The molecule has 0 radical (unpaired) electrons. The fourth-order valence-electron chi connectivity index (χ4n) is 1.63. The van der Waals surface area contributed by atoms with E-state index >= 15 is 0 Å². The maximum Gasteiger partial charge on any atom is 0.285 e. The molecule has 1 heterocycles. The van der Waals surface area contributed by atoms with E-state index < -0.39 is 5.23 Å². The molecule has 0 amide bonds. The van der Waals surface area contributed by atoms with Crippen LogP contribution in [0.25, 0.3) is 0 Å². The molecule has 6 nitrogen and oxygen atoms in total. The van der Waals surface area contributed by atoms with Gasteiger partial charge >= 0.3 is 0 Å². The van der Waals surface area contributed by atoms with Crippen molar-refractivity contribution in [3.63, 3.8) is 0 Å². The van der Waals surface area contributed by atoms with E-state index in [4.69, 9.17) is 9.94 Å². The largest absolute Gasteiger partial charge is 0.595 e. The van der Waals surface area contributed by atoms with Crippen LogP contribution < -0.4 is 10.5 Å². The van der Waals surface area contributed by atoms with Crippen LogP contribution in [0, 0.1) is 5.21 Å². The summed E-state index contributed by atoms with van der Waals surface area (Å²) < 4.78 is 5.25. The molecule has 0 aromatic heterocycles. The molecule has 3 N–H and O–H groups in total. The van der Waals surface area contributed by atoms with Gasteiger partial charge in [-0.2, -0.15) is 5.23 Å². The Hall–Kier alpha value is -1.63. The summed E-state index contributed by atoms with van der Waals surface area (Å²) in [6.45, 7) is 3.21. The van der Waals surface area contributed by atoms with Gasteiger partial charge in [-0.1, -0.05) is 12.1 Å². The molecule has 17 heavy (non-hydrogen) atoms. The number of benzene rings is 1. The van der Waals surface area contributed by atoms with Crippen LogP contribution in [0.1, 0.15) is 18.5 Å². The Bertz CT molecular complexity index is 420. The molecule has 1 aromatic carbocycles. The summed E-state index contributed by atoms with van der Waals surface area (Å²) in [5.41, 5.74) is 1.17. The second-order valence-corrected chi connectivity index (χ2v) is 3.83. The highest BCUT2D eigenvalue weighted by Gasteiger charge is 2.13. The van der Waals surface area contributed by atoms with Crippen LogP contribution in [-0.4, -0.2) is 24.4 Å². The number of rotatable bonds is 3.